The number of benzene rings is 4. The van der Waals surface area contributed by atoms with Gasteiger partial charge in [0.05, 0.1) is 29.0 Å². The van der Waals surface area contributed by atoms with Gasteiger partial charge in [-0.2, -0.15) is 8.61 Å². The van der Waals surface area contributed by atoms with Crippen LogP contribution in [0.15, 0.2) is 113 Å². The molecule has 6 rings (SSSR count). The van der Waals surface area contributed by atoms with Crippen molar-refractivity contribution < 1.29 is 26.4 Å². The van der Waals surface area contributed by atoms with Crippen LogP contribution < -0.4 is 4.74 Å². The van der Waals surface area contributed by atoms with Gasteiger partial charge in [0.25, 0.3) is 0 Å². The third-order valence-electron chi connectivity index (χ3n) is 9.00. The quantitative estimate of drug-likeness (QED) is 0.251. The fraction of sp³-hybridized carbons (Fsp3) is 0.286. The minimum absolute atomic E-state index is 0.0762. The van der Waals surface area contributed by atoms with Crippen molar-refractivity contribution in [1.82, 2.24) is 8.61 Å². The molecule has 8 nitrogen and oxygen atoms in total. The second kappa shape index (κ2) is 12.2. The fourth-order valence-electron chi connectivity index (χ4n) is 6.57. The Balaban J connectivity index is 1.50. The van der Waals surface area contributed by atoms with Crippen LogP contribution in [0.3, 0.4) is 0 Å². The van der Waals surface area contributed by atoms with E-state index in [9.17, 15) is 21.6 Å². The lowest BCUT2D eigenvalue weighted by atomic mass is 9.77. The molecule has 2 saturated heterocycles. The summed E-state index contributed by atoms with van der Waals surface area (Å²) in [5.74, 6) is -0.392. The first kappa shape index (κ1) is 31.2. The van der Waals surface area contributed by atoms with E-state index < -0.39 is 44.1 Å². The maximum atomic E-state index is 14.5. The highest BCUT2D eigenvalue weighted by molar-refractivity contribution is 7.89. The van der Waals surface area contributed by atoms with Crippen LogP contribution in [0.25, 0.3) is 0 Å². The van der Waals surface area contributed by atoms with E-state index in [1.54, 1.807) is 86.0 Å². The van der Waals surface area contributed by atoms with Gasteiger partial charge in [-0.1, -0.05) is 77.9 Å². The highest BCUT2D eigenvalue weighted by atomic mass is 32.2. The SMILES string of the molecule is COc1ccc([C@@H]2CC(=O)[C@@H]3CN(S(=O)(=O)c4ccc(C)cc4)[C@H](c4ccc(C)cc4)C[C@@H]3N2S(=O)(=O)c2ccccc2)cc1. The Hall–Kier alpha value is -3.83. The second-order valence-electron chi connectivity index (χ2n) is 11.8. The molecule has 2 aliphatic heterocycles. The third-order valence-corrected chi connectivity index (χ3v) is 12.8. The summed E-state index contributed by atoms with van der Waals surface area (Å²) in [7, 11) is -6.59. The highest BCUT2D eigenvalue weighted by Gasteiger charge is 2.54. The molecule has 0 N–H and O–H groups in total. The van der Waals surface area contributed by atoms with Crippen molar-refractivity contribution in [2.45, 2.75) is 54.6 Å². The Morgan fingerprint density at radius 3 is 1.80 bits per heavy atom. The number of ketones is 1. The van der Waals surface area contributed by atoms with Crippen LogP contribution in [0.1, 0.15) is 47.2 Å². The molecular weight excluding hydrogens is 609 g/mol. The van der Waals surface area contributed by atoms with Gasteiger partial charge in [0.15, 0.2) is 0 Å². The first-order valence-corrected chi connectivity index (χ1v) is 17.8. The van der Waals surface area contributed by atoms with Gasteiger partial charge < -0.3 is 4.74 Å². The molecule has 0 unspecified atom stereocenters. The standard InChI is InChI=1S/C35H36N2O6S2/c1-24-9-13-26(14-10-24)32-21-34-31(23-36(32)44(39,40)30-19-11-25(2)12-20-30)35(38)22-33(27-15-17-28(43-3)18-16-27)37(34)45(41,42)29-7-5-4-6-8-29/h4-20,31-34H,21-23H2,1-3H3/t31-,32+,33+,34+/m1/s1. The number of fused-ring (bicyclic) bond motifs is 1. The summed E-state index contributed by atoms with van der Waals surface area (Å²) < 4.78 is 65.8. The van der Waals surface area contributed by atoms with Crippen LogP contribution in [0, 0.1) is 19.8 Å². The molecule has 2 heterocycles. The minimum atomic E-state index is -4.11. The van der Waals surface area contributed by atoms with Gasteiger partial charge in [0, 0.05) is 24.9 Å². The molecule has 45 heavy (non-hydrogen) atoms. The molecule has 0 saturated carbocycles. The van der Waals surface area contributed by atoms with E-state index in [-0.39, 0.29) is 35.0 Å². The number of nitrogens with zero attached hydrogens (tertiary/aromatic N) is 2. The molecule has 4 atom stereocenters. The number of hydrogen-bond donors (Lipinski definition) is 0. The number of hydrogen-bond acceptors (Lipinski definition) is 6. The van der Waals surface area contributed by atoms with Crippen LogP contribution in [-0.2, 0) is 24.8 Å². The van der Waals surface area contributed by atoms with E-state index in [0.29, 0.717) is 11.3 Å². The summed E-state index contributed by atoms with van der Waals surface area (Å²) in [6.45, 7) is 3.71. The normalized spacial score (nSPS) is 23.0. The Kier molecular flexibility index (Phi) is 8.43. The van der Waals surface area contributed by atoms with Crippen molar-refractivity contribution in [3.63, 3.8) is 0 Å². The van der Waals surface area contributed by atoms with Gasteiger partial charge >= 0.3 is 0 Å². The molecule has 0 aromatic heterocycles. The molecule has 234 valence electrons. The molecule has 4 aromatic rings. The topological polar surface area (TPSA) is 101 Å². The maximum Gasteiger partial charge on any atom is 0.243 e. The molecule has 4 aromatic carbocycles. The summed E-state index contributed by atoms with van der Waals surface area (Å²) in [6.07, 6.45) is 0.0381. The second-order valence-corrected chi connectivity index (χ2v) is 15.6. The zero-order valence-electron chi connectivity index (χ0n) is 25.4. The number of ether oxygens (including phenoxy) is 1. The number of rotatable bonds is 7. The molecule has 2 fully saturated rings. The van der Waals surface area contributed by atoms with Crippen LogP contribution in [0.2, 0.25) is 0 Å². The van der Waals surface area contributed by atoms with Crippen molar-refractivity contribution >= 4 is 25.8 Å². The summed E-state index contributed by atoms with van der Waals surface area (Å²) in [4.78, 5) is 14.3. The van der Waals surface area contributed by atoms with Crippen LogP contribution >= 0.6 is 0 Å². The van der Waals surface area contributed by atoms with Crippen molar-refractivity contribution in [3.8, 4) is 5.75 Å². The van der Waals surface area contributed by atoms with Crippen LogP contribution in [-0.4, -0.2) is 50.9 Å². The van der Waals surface area contributed by atoms with Gasteiger partial charge in [-0.05, 0) is 67.8 Å². The van der Waals surface area contributed by atoms with Crippen molar-refractivity contribution in [1.29, 1.82) is 0 Å². The largest absolute Gasteiger partial charge is 0.497 e. The molecule has 0 radical (unpaired) electrons. The number of carbonyl (C=O) groups is 1. The molecule has 0 amide bonds. The van der Waals surface area contributed by atoms with Crippen molar-refractivity contribution in [2.24, 2.45) is 5.92 Å². The lowest BCUT2D eigenvalue weighted by Gasteiger charge is -2.51. The zero-order chi connectivity index (χ0) is 31.9. The molecule has 0 aliphatic carbocycles. The first-order chi connectivity index (χ1) is 21.5. The van der Waals surface area contributed by atoms with Crippen molar-refractivity contribution in [2.75, 3.05) is 13.7 Å². The summed E-state index contributed by atoms with van der Waals surface area (Å²) in [6, 6.07) is 27.3. The molecule has 2 aliphatic rings. The fourth-order valence-corrected chi connectivity index (χ4v) is 10.1. The van der Waals surface area contributed by atoms with Gasteiger partial charge in [0.1, 0.15) is 11.5 Å². The molecular formula is C35H36N2O6S2. The van der Waals surface area contributed by atoms with E-state index in [0.717, 1.165) is 16.7 Å². The monoisotopic (exact) mass is 644 g/mol. The third kappa shape index (κ3) is 5.83. The predicted molar refractivity (Wildman–Crippen MR) is 172 cm³/mol. The predicted octanol–water partition coefficient (Wildman–Crippen LogP) is 5.84. The van der Waals surface area contributed by atoms with E-state index in [1.165, 1.54) is 8.61 Å². The van der Waals surface area contributed by atoms with Crippen LogP contribution in [0.4, 0.5) is 0 Å². The Labute approximate surface area is 265 Å². The lowest BCUT2D eigenvalue weighted by molar-refractivity contribution is -0.132. The Morgan fingerprint density at radius 2 is 1.20 bits per heavy atom. The summed E-state index contributed by atoms with van der Waals surface area (Å²) in [5, 5.41) is 0. The van der Waals surface area contributed by atoms with E-state index >= 15 is 0 Å². The summed E-state index contributed by atoms with van der Waals surface area (Å²) >= 11 is 0. The van der Waals surface area contributed by atoms with E-state index in [2.05, 4.69) is 0 Å². The highest BCUT2D eigenvalue weighted by Crippen LogP contribution is 2.48. The summed E-state index contributed by atoms with van der Waals surface area (Å²) in [5.41, 5.74) is 3.35. The molecule has 10 heteroatoms. The van der Waals surface area contributed by atoms with Gasteiger partial charge in [0.2, 0.25) is 20.0 Å². The minimum Gasteiger partial charge on any atom is -0.497 e. The van der Waals surface area contributed by atoms with E-state index in [1.807, 2.05) is 38.1 Å². The number of piperidine rings is 2. The Morgan fingerprint density at radius 1 is 0.667 bits per heavy atom. The smallest absolute Gasteiger partial charge is 0.243 e. The number of methoxy groups -OCH3 is 1. The lowest BCUT2D eigenvalue weighted by Crippen LogP contribution is -2.60. The van der Waals surface area contributed by atoms with Gasteiger partial charge in [-0.15, -0.1) is 0 Å². The number of carbonyl (C=O) groups excluding carboxylic acids is 1. The molecule has 0 bridgehead atoms. The number of aryl methyl sites for hydroxylation is 2. The van der Waals surface area contributed by atoms with Crippen LogP contribution in [0.5, 0.6) is 5.75 Å². The first-order valence-electron chi connectivity index (χ1n) is 14.9. The molecule has 0 spiro atoms. The number of sulfonamides is 2. The average molecular weight is 645 g/mol. The van der Waals surface area contributed by atoms with Gasteiger partial charge in [-0.25, -0.2) is 16.8 Å². The van der Waals surface area contributed by atoms with Gasteiger partial charge in [-0.3, -0.25) is 4.79 Å². The van der Waals surface area contributed by atoms with E-state index in [4.69, 9.17) is 4.74 Å². The number of Topliss-reactive ketones (excluding diaryl/α,β-unsaturated/α-hetero) is 1. The van der Waals surface area contributed by atoms with Crippen molar-refractivity contribution in [3.05, 3.63) is 125 Å². The zero-order valence-corrected chi connectivity index (χ0v) is 27.0. The average Bonchev–Trinajstić information content (AvgIpc) is 3.05. The Bertz CT molecular complexity index is 1890. The maximum absolute atomic E-state index is 14.5.